The van der Waals surface area contributed by atoms with E-state index in [-0.39, 0.29) is 5.91 Å². The quantitative estimate of drug-likeness (QED) is 0.596. The average molecular weight is 214 g/mol. The minimum absolute atomic E-state index is 0.119. The predicted molar refractivity (Wildman–Crippen MR) is 54.3 cm³/mol. The molecule has 5 heteroatoms. The molecule has 2 fully saturated rings. The van der Waals surface area contributed by atoms with Gasteiger partial charge in [-0.1, -0.05) is 0 Å². The van der Waals surface area contributed by atoms with Gasteiger partial charge < -0.3 is 15.1 Å². The first-order chi connectivity index (χ1) is 7.16. The zero-order chi connectivity index (χ0) is 10.8. The van der Waals surface area contributed by atoms with Gasteiger partial charge in [0.05, 0.1) is 18.8 Å². The number of aliphatic hydroxyl groups excluding tert-OH is 2. The maximum Gasteiger partial charge on any atom is 0.236 e. The van der Waals surface area contributed by atoms with Gasteiger partial charge in [-0.2, -0.15) is 0 Å². The maximum atomic E-state index is 11.7. The largest absolute Gasteiger partial charge is 0.389 e. The zero-order valence-corrected chi connectivity index (χ0v) is 8.80. The number of carbonyl (C=O) groups is 1. The van der Waals surface area contributed by atoms with Crippen LogP contribution in [0.1, 0.15) is 12.8 Å². The normalized spacial score (nSPS) is 32.5. The number of β-amino-alcohol motifs (C(OH)–C–C–N with tert-alkyl or cyclic N) is 2. The molecule has 0 aromatic heterocycles. The van der Waals surface area contributed by atoms with Crippen molar-refractivity contribution in [2.45, 2.75) is 25.0 Å². The SMILES string of the molecule is O=C(CN1C[C@@H](O)[C@@H](O)C1)N1CCCC1. The molecule has 0 aliphatic carbocycles. The molecule has 2 heterocycles. The Morgan fingerprint density at radius 1 is 1.13 bits per heavy atom. The fraction of sp³-hybridized carbons (Fsp3) is 0.900. The Kier molecular flexibility index (Phi) is 3.23. The van der Waals surface area contributed by atoms with Gasteiger partial charge in [0.15, 0.2) is 0 Å². The molecule has 0 spiro atoms. The second-order valence-corrected chi connectivity index (χ2v) is 4.42. The van der Waals surface area contributed by atoms with Crippen LogP contribution >= 0.6 is 0 Å². The molecule has 2 aliphatic heterocycles. The summed E-state index contributed by atoms with van der Waals surface area (Å²) in [5, 5.41) is 18.7. The van der Waals surface area contributed by atoms with Gasteiger partial charge in [-0.3, -0.25) is 9.69 Å². The molecule has 15 heavy (non-hydrogen) atoms. The molecule has 2 rings (SSSR count). The predicted octanol–water partition coefficient (Wildman–Crippen LogP) is -1.35. The number of carbonyl (C=O) groups excluding carboxylic acids is 1. The molecule has 0 aromatic rings. The van der Waals surface area contributed by atoms with Gasteiger partial charge in [0.25, 0.3) is 0 Å². The number of rotatable bonds is 2. The Labute approximate surface area is 89.3 Å². The molecule has 0 bridgehead atoms. The van der Waals surface area contributed by atoms with Crippen molar-refractivity contribution in [2.24, 2.45) is 0 Å². The zero-order valence-electron chi connectivity index (χ0n) is 8.80. The summed E-state index contributed by atoms with van der Waals surface area (Å²) in [5.74, 6) is 0.119. The molecule has 86 valence electrons. The van der Waals surface area contributed by atoms with Crippen LogP contribution in [-0.4, -0.2) is 70.9 Å². The molecule has 0 aromatic carbocycles. The van der Waals surface area contributed by atoms with E-state index in [0.717, 1.165) is 25.9 Å². The smallest absolute Gasteiger partial charge is 0.236 e. The Hall–Kier alpha value is -0.650. The first kappa shape index (κ1) is 10.9. The average Bonchev–Trinajstić information content (AvgIpc) is 2.77. The van der Waals surface area contributed by atoms with Crippen LogP contribution in [-0.2, 0) is 4.79 Å². The van der Waals surface area contributed by atoms with Crippen LogP contribution in [0, 0.1) is 0 Å². The van der Waals surface area contributed by atoms with Gasteiger partial charge >= 0.3 is 0 Å². The second kappa shape index (κ2) is 4.47. The van der Waals surface area contributed by atoms with Crippen LogP contribution in [0.15, 0.2) is 0 Å². The van der Waals surface area contributed by atoms with Crippen LogP contribution in [0.4, 0.5) is 0 Å². The number of likely N-dealkylation sites (tertiary alicyclic amines) is 2. The lowest BCUT2D eigenvalue weighted by Gasteiger charge is -2.20. The summed E-state index contributed by atoms with van der Waals surface area (Å²) in [6.45, 7) is 2.85. The molecular weight excluding hydrogens is 196 g/mol. The van der Waals surface area contributed by atoms with Crippen molar-refractivity contribution >= 4 is 5.91 Å². The van der Waals surface area contributed by atoms with E-state index in [1.165, 1.54) is 0 Å². The fourth-order valence-corrected chi connectivity index (χ4v) is 2.23. The number of nitrogens with zero attached hydrogens (tertiary/aromatic N) is 2. The van der Waals surface area contributed by atoms with Crippen LogP contribution < -0.4 is 0 Å². The topological polar surface area (TPSA) is 64.0 Å². The second-order valence-electron chi connectivity index (χ2n) is 4.42. The van der Waals surface area contributed by atoms with Crippen molar-refractivity contribution in [3.8, 4) is 0 Å². The minimum atomic E-state index is -0.698. The molecule has 0 saturated carbocycles. The third-order valence-corrected chi connectivity index (χ3v) is 3.15. The summed E-state index contributed by atoms with van der Waals surface area (Å²) in [5.41, 5.74) is 0. The van der Waals surface area contributed by atoms with Crippen molar-refractivity contribution in [3.05, 3.63) is 0 Å². The number of hydrogen-bond acceptors (Lipinski definition) is 4. The summed E-state index contributed by atoms with van der Waals surface area (Å²) < 4.78 is 0. The lowest BCUT2D eigenvalue weighted by Crippen LogP contribution is -2.38. The van der Waals surface area contributed by atoms with Gasteiger partial charge in [0, 0.05) is 26.2 Å². The summed E-state index contributed by atoms with van der Waals surface area (Å²) in [7, 11) is 0. The first-order valence-electron chi connectivity index (χ1n) is 5.53. The third-order valence-electron chi connectivity index (χ3n) is 3.15. The Balaban J connectivity index is 1.79. The van der Waals surface area contributed by atoms with Crippen LogP contribution in [0.2, 0.25) is 0 Å². The number of hydrogen-bond donors (Lipinski definition) is 2. The summed E-state index contributed by atoms with van der Waals surface area (Å²) >= 11 is 0. The van der Waals surface area contributed by atoms with E-state index < -0.39 is 12.2 Å². The monoisotopic (exact) mass is 214 g/mol. The Morgan fingerprint density at radius 3 is 2.20 bits per heavy atom. The Morgan fingerprint density at radius 2 is 1.67 bits per heavy atom. The van der Waals surface area contributed by atoms with Crippen molar-refractivity contribution in [3.63, 3.8) is 0 Å². The van der Waals surface area contributed by atoms with Gasteiger partial charge in [-0.25, -0.2) is 0 Å². The maximum absolute atomic E-state index is 11.7. The van der Waals surface area contributed by atoms with E-state index in [1.54, 1.807) is 0 Å². The number of amides is 1. The van der Waals surface area contributed by atoms with Crippen molar-refractivity contribution in [1.82, 2.24) is 9.80 Å². The highest BCUT2D eigenvalue weighted by Crippen LogP contribution is 2.12. The summed E-state index contributed by atoms with van der Waals surface area (Å²) in [6.07, 6.45) is 0.793. The lowest BCUT2D eigenvalue weighted by atomic mass is 10.3. The molecule has 0 radical (unpaired) electrons. The van der Waals surface area contributed by atoms with Crippen molar-refractivity contribution in [1.29, 1.82) is 0 Å². The minimum Gasteiger partial charge on any atom is -0.389 e. The van der Waals surface area contributed by atoms with E-state index in [1.807, 2.05) is 9.80 Å². The third kappa shape index (κ3) is 2.48. The van der Waals surface area contributed by atoms with E-state index in [4.69, 9.17) is 0 Å². The standard InChI is InChI=1S/C10H18N2O3/c13-8-5-11(6-9(8)14)7-10(15)12-3-1-2-4-12/h8-9,13-14H,1-7H2/t8-,9+. The van der Waals surface area contributed by atoms with Crippen LogP contribution in [0.3, 0.4) is 0 Å². The molecule has 2 atom stereocenters. The van der Waals surface area contributed by atoms with Gasteiger partial charge in [-0.05, 0) is 12.8 Å². The van der Waals surface area contributed by atoms with E-state index in [2.05, 4.69) is 0 Å². The highest BCUT2D eigenvalue weighted by Gasteiger charge is 2.31. The molecule has 2 N–H and O–H groups in total. The number of aliphatic hydroxyl groups is 2. The van der Waals surface area contributed by atoms with E-state index in [0.29, 0.717) is 19.6 Å². The Bertz CT molecular complexity index is 231. The van der Waals surface area contributed by atoms with Gasteiger partial charge in [0.2, 0.25) is 5.91 Å². The van der Waals surface area contributed by atoms with Crippen LogP contribution in [0.5, 0.6) is 0 Å². The lowest BCUT2D eigenvalue weighted by molar-refractivity contribution is -0.131. The molecule has 5 nitrogen and oxygen atoms in total. The highest BCUT2D eigenvalue weighted by molar-refractivity contribution is 5.78. The molecule has 2 saturated heterocycles. The van der Waals surface area contributed by atoms with E-state index in [9.17, 15) is 15.0 Å². The van der Waals surface area contributed by atoms with Gasteiger partial charge in [0.1, 0.15) is 0 Å². The first-order valence-corrected chi connectivity index (χ1v) is 5.53. The molecule has 2 aliphatic rings. The van der Waals surface area contributed by atoms with Crippen molar-refractivity contribution in [2.75, 3.05) is 32.7 Å². The fourth-order valence-electron chi connectivity index (χ4n) is 2.23. The molecule has 0 unspecified atom stereocenters. The van der Waals surface area contributed by atoms with E-state index >= 15 is 0 Å². The van der Waals surface area contributed by atoms with Gasteiger partial charge in [-0.15, -0.1) is 0 Å². The summed E-state index contributed by atoms with van der Waals surface area (Å²) in [6, 6.07) is 0. The molecular formula is C10H18N2O3. The highest BCUT2D eigenvalue weighted by atomic mass is 16.3. The summed E-state index contributed by atoms with van der Waals surface area (Å²) in [4.78, 5) is 15.4. The van der Waals surface area contributed by atoms with Crippen molar-refractivity contribution < 1.29 is 15.0 Å². The van der Waals surface area contributed by atoms with Crippen LogP contribution in [0.25, 0.3) is 0 Å². The molecule has 1 amide bonds.